The fraction of sp³-hybridized carbons (Fsp3) is 0.867. The maximum atomic E-state index is 6.49. The van der Waals surface area contributed by atoms with E-state index in [9.17, 15) is 0 Å². The van der Waals surface area contributed by atoms with E-state index >= 15 is 0 Å². The predicted molar refractivity (Wildman–Crippen MR) is 74.8 cm³/mol. The van der Waals surface area contributed by atoms with Crippen molar-refractivity contribution in [1.29, 1.82) is 0 Å². The molecule has 0 radical (unpaired) electrons. The number of likely N-dealkylation sites (tertiary alicyclic amines) is 1. The summed E-state index contributed by atoms with van der Waals surface area (Å²) < 4.78 is 0. The summed E-state index contributed by atoms with van der Waals surface area (Å²) in [6.07, 6.45) is 6.95. The van der Waals surface area contributed by atoms with Gasteiger partial charge in [-0.2, -0.15) is 0 Å². The molecule has 17 heavy (non-hydrogen) atoms. The summed E-state index contributed by atoms with van der Waals surface area (Å²) in [5, 5.41) is 0. The van der Waals surface area contributed by atoms with E-state index in [4.69, 9.17) is 5.73 Å². The van der Waals surface area contributed by atoms with Crippen molar-refractivity contribution < 1.29 is 0 Å². The molecule has 0 spiro atoms. The summed E-state index contributed by atoms with van der Waals surface area (Å²) in [6.45, 7) is 8.93. The lowest BCUT2D eigenvalue weighted by atomic mass is 9.81. The molecule has 98 valence electrons. The third-order valence-electron chi connectivity index (χ3n) is 4.41. The zero-order chi connectivity index (χ0) is 12.7. The van der Waals surface area contributed by atoms with Gasteiger partial charge in [0.2, 0.25) is 0 Å². The molecular weight excluding hydrogens is 208 g/mol. The second-order valence-corrected chi connectivity index (χ2v) is 5.08. The molecule has 0 bridgehead atoms. The van der Waals surface area contributed by atoms with Crippen molar-refractivity contribution in [2.24, 2.45) is 5.73 Å². The highest BCUT2D eigenvalue weighted by molar-refractivity contribution is 5.02. The van der Waals surface area contributed by atoms with Crippen molar-refractivity contribution in [2.75, 3.05) is 13.1 Å². The average molecular weight is 236 g/mol. The fourth-order valence-corrected chi connectivity index (χ4v) is 3.24. The number of rotatable bonds is 6. The first-order valence-electron chi connectivity index (χ1n) is 7.11. The SMILES string of the molecule is CC#CCCC(N)C(CC)(CC)N1CCCC1. The zero-order valence-corrected chi connectivity index (χ0v) is 11.8. The molecule has 2 heteroatoms. The lowest BCUT2D eigenvalue weighted by molar-refractivity contribution is 0.0742. The number of nitrogens with zero attached hydrogens (tertiary/aromatic N) is 1. The van der Waals surface area contributed by atoms with E-state index in [2.05, 4.69) is 30.6 Å². The second kappa shape index (κ2) is 7.03. The first kappa shape index (κ1) is 14.5. The van der Waals surface area contributed by atoms with Gasteiger partial charge in [0, 0.05) is 18.0 Å². The largest absolute Gasteiger partial charge is 0.326 e. The predicted octanol–water partition coefficient (Wildman–Crippen LogP) is 2.77. The molecule has 1 unspecified atom stereocenters. The van der Waals surface area contributed by atoms with E-state index in [-0.39, 0.29) is 11.6 Å². The van der Waals surface area contributed by atoms with Gasteiger partial charge in [0.1, 0.15) is 0 Å². The van der Waals surface area contributed by atoms with E-state index in [1.165, 1.54) is 25.9 Å². The monoisotopic (exact) mass is 236 g/mol. The molecule has 1 aliphatic heterocycles. The van der Waals surface area contributed by atoms with Crippen molar-refractivity contribution >= 4 is 0 Å². The van der Waals surface area contributed by atoms with Crippen LogP contribution in [0.1, 0.15) is 59.3 Å². The van der Waals surface area contributed by atoms with Crippen molar-refractivity contribution in [3.8, 4) is 11.8 Å². The van der Waals surface area contributed by atoms with Gasteiger partial charge in [-0.3, -0.25) is 4.90 Å². The summed E-state index contributed by atoms with van der Waals surface area (Å²) in [5.74, 6) is 6.10. The van der Waals surface area contributed by atoms with Gasteiger partial charge in [-0.25, -0.2) is 0 Å². The van der Waals surface area contributed by atoms with Crippen LogP contribution in [0.3, 0.4) is 0 Å². The summed E-state index contributed by atoms with van der Waals surface area (Å²) in [7, 11) is 0. The summed E-state index contributed by atoms with van der Waals surface area (Å²) in [5.41, 5.74) is 6.70. The van der Waals surface area contributed by atoms with Crippen LogP contribution in [0.5, 0.6) is 0 Å². The third kappa shape index (κ3) is 3.24. The molecule has 0 saturated carbocycles. The highest BCUT2D eigenvalue weighted by atomic mass is 15.2. The van der Waals surface area contributed by atoms with Crippen LogP contribution >= 0.6 is 0 Å². The third-order valence-corrected chi connectivity index (χ3v) is 4.41. The van der Waals surface area contributed by atoms with Gasteiger partial charge in [-0.1, -0.05) is 13.8 Å². The van der Waals surface area contributed by atoms with E-state index in [1.54, 1.807) is 0 Å². The molecule has 0 aromatic heterocycles. The van der Waals surface area contributed by atoms with Gasteiger partial charge in [0.05, 0.1) is 0 Å². The Bertz CT molecular complexity index is 264. The maximum Gasteiger partial charge on any atom is 0.0355 e. The number of hydrogen-bond donors (Lipinski definition) is 1. The summed E-state index contributed by atoms with van der Waals surface area (Å²) in [4.78, 5) is 2.64. The fourth-order valence-electron chi connectivity index (χ4n) is 3.24. The number of nitrogens with two attached hydrogens (primary N) is 1. The summed E-state index contributed by atoms with van der Waals surface area (Å²) in [6, 6.07) is 0.261. The Morgan fingerprint density at radius 1 is 1.24 bits per heavy atom. The minimum Gasteiger partial charge on any atom is -0.326 e. The molecule has 0 amide bonds. The Morgan fingerprint density at radius 3 is 2.29 bits per heavy atom. The van der Waals surface area contributed by atoms with E-state index in [0.29, 0.717) is 0 Å². The van der Waals surface area contributed by atoms with Gasteiger partial charge in [-0.15, -0.1) is 11.8 Å². The van der Waals surface area contributed by atoms with Crippen LogP contribution in [0.4, 0.5) is 0 Å². The quantitative estimate of drug-likeness (QED) is 0.719. The standard InChI is InChI=1S/C15H28N2/c1-4-7-8-11-14(16)15(5-2,6-3)17-12-9-10-13-17/h14H,5-6,8-13,16H2,1-3H3. The van der Waals surface area contributed by atoms with Gasteiger partial charge in [-0.05, 0) is 52.1 Å². The maximum absolute atomic E-state index is 6.49. The van der Waals surface area contributed by atoms with Gasteiger partial charge >= 0.3 is 0 Å². The molecule has 0 aromatic rings. The van der Waals surface area contributed by atoms with Crippen molar-refractivity contribution in [2.45, 2.75) is 70.9 Å². The molecule has 2 N–H and O–H groups in total. The highest BCUT2D eigenvalue weighted by Crippen LogP contribution is 2.32. The van der Waals surface area contributed by atoms with Crippen LogP contribution in [0.25, 0.3) is 0 Å². The molecule has 0 aromatic carbocycles. The van der Waals surface area contributed by atoms with Crippen LogP contribution in [-0.2, 0) is 0 Å². The average Bonchev–Trinajstić information content (AvgIpc) is 2.86. The van der Waals surface area contributed by atoms with Gasteiger partial charge in [0.15, 0.2) is 0 Å². The molecule has 1 fully saturated rings. The molecular formula is C15H28N2. The molecule has 0 aliphatic carbocycles. The molecule has 2 nitrogen and oxygen atoms in total. The first-order chi connectivity index (χ1) is 8.21. The van der Waals surface area contributed by atoms with E-state index < -0.39 is 0 Å². The van der Waals surface area contributed by atoms with E-state index in [0.717, 1.165) is 25.7 Å². The Hall–Kier alpha value is -0.520. The lowest BCUT2D eigenvalue weighted by Gasteiger charge is -2.45. The normalized spacial score (nSPS) is 18.8. The Morgan fingerprint density at radius 2 is 1.82 bits per heavy atom. The Kier molecular flexibility index (Phi) is 6.02. The van der Waals surface area contributed by atoms with Crippen LogP contribution in [0.15, 0.2) is 0 Å². The molecule has 1 aliphatic rings. The van der Waals surface area contributed by atoms with Crippen molar-refractivity contribution in [1.82, 2.24) is 4.90 Å². The molecule has 1 saturated heterocycles. The van der Waals surface area contributed by atoms with Crippen molar-refractivity contribution in [3.05, 3.63) is 0 Å². The van der Waals surface area contributed by atoms with Gasteiger partial charge in [0.25, 0.3) is 0 Å². The molecule has 1 atom stereocenters. The second-order valence-electron chi connectivity index (χ2n) is 5.08. The zero-order valence-electron chi connectivity index (χ0n) is 11.8. The van der Waals surface area contributed by atoms with Crippen molar-refractivity contribution in [3.63, 3.8) is 0 Å². The lowest BCUT2D eigenvalue weighted by Crippen LogP contribution is -2.58. The Balaban J connectivity index is 2.69. The summed E-state index contributed by atoms with van der Waals surface area (Å²) >= 11 is 0. The Labute approximate surface area is 107 Å². The van der Waals surface area contributed by atoms with Crippen LogP contribution in [-0.4, -0.2) is 29.6 Å². The smallest absolute Gasteiger partial charge is 0.0355 e. The molecule has 1 heterocycles. The minimum atomic E-state index is 0.214. The van der Waals surface area contributed by atoms with Crippen LogP contribution < -0.4 is 5.73 Å². The highest BCUT2D eigenvalue weighted by Gasteiger charge is 2.39. The minimum absolute atomic E-state index is 0.214. The van der Waals surface area contributed by atoms with E-state index in [1.807, 2.05) is 6.92 Å². The van der Waals surface area contributed by atoms with Gasteiger partial charge < -0.3 is 5.73 Å². The topological polar surface area (TPSA) is 29.3 Å². The van der Waals surface area contributed by atoms with Crippen LogP contribution in [0, 0.1) is 11.8 Å². The first-order valence-corrected chi connectivity index (χ1v) is 7.11. The molecule has 1 rings (SSSR count). The van der Waals surface area contributed by atoms with Crippen LogP contribution in [0.2, 0.25) is 0 Å². The number of hydrogen-bond acceptors (Lipinski definition) is 2.